The van der Waals surface area contributed by atoms with Crippen LogP contribution in [0.3, 0.4) is 0 Å². The lowest BCUT2D eigenvalue weighted by Crippen LogP contribution is -2.41. The molecule has 1 aliphatic carbocycles. The van der Waals surface area contributed by atoms with Crippen molar-refractivity contribution in [2.45, 2.75) is 19.4 Å². The van der Waals surface area contributed by atoms with E-state index >= 15 is 0 Å². The Morgan fingerprint density at radius 1 is 1.34 bits per heavy atom. The third-order valence-corrected chi connectivity index (χ3v) is 7.58. The SMILES string of the molecule is C=CC(=O)N1CCC(NC(=O)c2sc3nccc4c3c2NC(=O)N4/C(N)=C/C=C(\N)OC2=CC=CC2C)C1. The first-order chi connectivity index (χ1) is 18.3. The molecule has 6 N–H and O–H groups in total. The minimum absolute atomic E-state index is 0.105. The maximum Gasteiger partial charge on any atom is 0.332 e. The minimum Gasteiger partial charge on any atom is -0.445 e. The number of carbonyl (C=O) groups excluding carboxylic acids is 3. The van der Waals surface area contributed by atoms with Gasteiger partial charge in [-0.1, -0.05) is 25.7 Å². The average molecular weight is 534 g/mol. The van der Waals surface area contributed by atoms with Gasteiger partial charge in [0.15, 0.2) is 5.88 Å². The van der Waals surface area contributed by atoms with Crippen LogP contribution in [-0.4, -0.2) is 46.9 Å². The number of rotatable bonds is 7. The van der Waals surface area contributed by atoms with E-state index in [-0.39, 0.29) is 35.5 Å². The standard InChI is InChI=1S/C26H27N7O4S/c1-3-20(34)32-12-10-15(13-32)30-24(35)23-22-21-16(9-11-29-25(21)38-23)33(26(36)31-22)18(27)7-8-19(28)37-17-6-4-5-14(17)2/h3-9,11,14-15H,1,10,12-13,27-28H2,2H3,(H,30,35)(H,31,36)/b18-7+,19-8+. The summed E-state index contributed by atoms with van der Waals surface area (Å²) >= 11 is 1.17. The van der Waals surface area contributed by atoms with Gasteiger partial charge in [0.2, 0.25) is 5.91 Å². The molecule has 0 saturated carbocycles. The van der Waals surface area contributed by atoms with Crippen molar-refractivity contribution < 1.29 is 19.1 Å². The van der Waals surface area contributed by atoms with Gasteiger partial charge in [-0.25, -0.2) is 14.7 Å². The van der Waals surface area contributed by atoms with Crippen LogP contribution in [-0.2, 0) is 9.53 Å². The molecule has 196 valence electrons. The molecule has 1 saturated heterocycles. The molecule has 2 aromatic rings. The highest BCUT2D eigenvalue weighted by atomic mass is 32.1. The molecule has 0 aromatic carbocycles. The second kappa shape index (κ2) is 10.1. The highest BCUT2D eigenvalue weighted by Gasteiger charge is 2.34. The molecule has 1 fully saturated rings. The normalized spacial score (nSPS) is 21.0. The predicted octanol–water partition coefficient (Wildman–Crippen LogP) is 2.87. The third-order valence-electron chi connectivity index (χ3n) is 6.48. The highest BCUT2D eigenvalue weighted by molar-refractivity contribution is 7.21. The van der Waals surface area contributed by atoms with Crippen molar-refractivity contribution in [3.63, 3.8) is 0 Å². The van der Waals surface area contributed by atoms with Crippen molar-refractivity contribution >= 4 is 50.8 Å². The molecule has 2 atom stereocenters. The fourth-order valence-corrected chi connectivity index (χ4v) is 5.58. The Balaban J connectivity index is 1.38. The van der Waals surface area contributed by atoms with Gasteiger partial charge in [0.25, 0.3) is 5.91 Å². The van der Waals surface area contributed by atoms with Crippen molar-refractivity contribution in [2.24, 2.45) is 17.4 Å². The number of nitrogens with one attached hydrogen (secondary N) is 2. The molecule has 2 unspecified atom stereocenters. The Kier molecular flexibility index (Phi) is 6.64. The number of aromatic nitrogens is 1. The molecule has 3 aliphatic rings. The summed E-state index contributed by atoms with van der Waals surface area (Å²) < 4.78 is 5.65. The lowest BCUT2D eigenvalue weighted by atomic mass is 10.1. The largest absolute Gasteiger partial charge is 0.445 e. The van der Waals surface area contributed by atoms with E-state index in [9.17, 15) is 14.4 Å². The summed E-state index contributed by atoms with van der Waals surface area (Å²) in [7, 11) is 0. The summed E-state index contributed by atoms with van der Waals surface area (Å²) in [5.74, 6) is 0.546. The zero-order chi connectivity index (χ0) is 27.0. The number of nitrogens with two attached hydrogens (primary N) is 2. The van der Waals surface area contributed by atoms with Gasteiger partial charge in [0.1, 0.15) is 21.3 Å². The lowest BCUT2D eigenvalue weighted by Gasteiger charge is -2.28. The maximum absolute atomic E-state index is 13.2. The first-order valence-electron chi connectivity index (χ1n) is 12.0. The Bertz CT molecular complexity index is 1470. The van der Waals surface area contributed by atoms with E-state index in [1.807, 2.05) is 25.2 Å². The topological polar surface area (TPSA) is 156 Å². The summed E-state index contributed by atoms with van der Waals surface area (Å²) in [6, 6.07) is 0.929. The van der Waals surface area contributed by atoms with Crippen LogP contribution in [0.15, 0.2) is 72.8 Å². The van der Waals surface area contributed by atoms with Crippen LogP contribution in [0.4, 0.5) is 16.2 Å². The van der Waals surface area contributed by atoms with Crippen molar-refractivity contribution in [1.82, 2.24) is 15.2 Å². The summed E-state index contributed by atoms with van der Waals surface area (Å²) in [6.07, 6.45) is 12.1. The Labute approximate surface area is 222 Å². The van der Waals surface area contributed by atoms with Crippen LogP contribution in [0, 0.1) is 5.92 Å². The fraction of sp³-hybridized carbons (Fsp3) is 0.231. The van der Waals surface area contributed by atoms with E-state index in [1.54, 1.807) is 17.2 Å². The number of thiophene rings is 1. The van der Waals surface area contributed by atoms with E-state index < -0.39 is 6.03 Å². The number of amides is 4. The third kappa shape index (κ3) is 4.61. The monoisotopic (exact) mass is 533 g/mol. The van der Waals surface area contributed by atoms with Gasteiger partial charge in [-0.2, -0.15) is 0 Å². The molecule has 12 heteroatoms. The number of carbonyl (C=O) groups is 3. The first-order valence-corrected chi connectivity index (χ1v) is 12.8. The lowest BCUT2D eigenvalue weighted by molar-refractivity contribution is -0.125. The molecular formula is C26H27N7O4S. The molecule has 2 aliphatic heterocycles. The van der Waals surface area contributed by atoms with E-state index in [1.165, 1.54) is 34.5 Å². The number of allylic oxidation sites excluding steroid dienone is 5. The Hall–Kier alpha value is -4.58. The van der Waals surface area contributed by atoms with E-state index in [4.69, 9.17) is 16.2 Å². The Morgan fingerprint density at radius 2 is 2.16 bits per heavy atom. The number of hydrogen-bond donors (Lipinski definition) is 4. The zero-order valence-electron chi connectivity index (χ0n) is 20.6. The molecule has 11 nitrogen and oxygen atoms in total. The second-order valence-corrected chi connectivity index (χ2v) is 10.0. The van der Waals surface area contributed by atoms with Crippen LogP contribution in [0.1, 0.15) is 23.0 Å². The van der Waals surface area contributed by atoms with Crippen LogP contribution >= 0.6 is 11.3 Å². The van der Waals surface area contributed by atoms with Gasteiger partial charge in [0.05, 0.1) is 16.8 Å². The summed E-state index contributed by atoms with van der Waals surface area (Å²) in [4.78, 5) is 46.5. The fourth-order valence-electron chi connectivity index (χ4n) is 4.56. The van der Waals surface area contributed by atoms with Crippen LogP contribution < -0.4 is 27.0 Å². The van der Waals surface area contributed by atoms with Crippen LogP contribution in [0.5, 0.6) is 0 Å². The smallest absolute Gasteiger partial charge is 0.332 e. The molecule has 0 spiro atoms. The molecule has 38 heavy (non-hydrogen) atoms. The number of hydrogen-bond acceptors (Lipinski definition) is 8. The molecular weight excluding hydrogens is 506 g/mol. The van der Waals surface area contributed by atoms with Crippen LogP contribution in [0.2, 0.25) is 0 Å². The van der Waals surface area contributed by atoms with Gasteiger partial charge in [-0.15, -0.1) is 11.3 Å². The number of pyridine rings is 1. The van der Waals surface area contributed by atoms with Gasteiger partial charge in [0, 0.05) is 37.3 Å². The number of urea groups is 1. The van der Waals surface area contributed by atoms with Crippen molar-refractivity contribution in [3.05, 3.63) is 77.6 Å². The van der Waals surface area contributed by atoms with Gasteiger partial charge >= 0.3 is 6.03 Å². The summed E-state index contributed by atoms with van der Waals surface area (Å²) in [6.45, 7) is 6.43. The quantitative estimate of drug-likeness (QED) is 0.242. The molecule has 4 heterocycles. The van der Waals surface area contributed by atoms with E-state index in [0.717, 1.165) is 0 Å². The highest BCUT2D eigenvalue weighted by Crippen LogP contribution is 2.44. The molecule has 5 rings (SSSR count). The minimum atomic E-state index is -0.529. The predicted molar refractivity (Wildman–Crippen MR) is 146 cm³/mol. The first kappa shape index (κ1) is 25.1. The van der Waals surface area contributed by atoms with Gasteiger partial charge in [-0.05, 0) is 30.7 Å². The van der Waals surface area contributed by atoms with Crippen molar-refractivity contribution in [1.29, 1.82) is 0 Å². The van der Waals surface area contributed by atoms with Gasteiger partial charge < -0.3 is 31.7 Å². The van der Waals surface area contributed by atoms with Gasteiger partial charge in [-0.3, -0.25) is 9.59 Å². The van der Waals surface area contributed by atoms with E-state index in [2.05, 4.69) is 22.2 Å². The van der Waals surface area contributed by atoms with Crippen molar-refractivity contribution in [3.8, 4) is 0 Å². The Morgan fingerprint density at radius 3 is 2.89 bits per heavy atom. The molecule has 4 amide bonds. The number of nitrogens with zero attached hydrogens (tertiary/aromatic N) is 3. The second-order valence-electron chi connectivity index (χ2n) is 9.03. The number of ether oxygens (including phenoxy) is 1. The molecule has 0 bridgehead atoms. The maximum atomic E-state index is 13.2. The van der Waals surface area contributed by atoms with E-state index in [0.29, 0.717) is 51.7 Å². The number of anilines is 2. The van der Waals surface area contributed by atoms with Crippen LogP contribution in [0.25, 0.3) is 10.2 Å². The number of likely N-dealkylation sites (tertiary alicyclic amines) is 1. The molecule has 0 radical (unpaired) electrons. The summed E-state index contributed by atoms with van der Waals surface area (Å²) in [5, 5.41) is 6.37. The molecule has 2 aromatic heterocycles. The zero-order valence-corrected chi connectivity index (χ0v) is 21.5. The summed E-state index contributed by atoms with van der Waals surface area (Å²) in [5.41, 5.74) is 13.1. The average Bonchev–Trinajstić information content (AvgIpc) is 3.62. The van der Waals surface area contributed by atoms with Crippen molar-refractivity contribution in [2.75, 3.05) is 23.3 Å².